The van der Waals surface area contributed by atoms with Crippen molar-refractivity contribution < 1.29 is 0 Å². The van der Waals surface area contributed by atoms with Crippen LogP contribution in [-0.2, 0) is 6.42 Å². The lowest BCUT2D eigenvalue weighted by Gasteiger charge is -2.34. The number of aromatic nitrogens is 5. The number of nitrogens with zero attached hydrogens (tertiary/aromatic N) is 5. The number of anilines is 4. The first-order valence-electron chi connectivity index (χ1n) is 12.8. The van der Waals surface area contributed by atoms with Gasteiger partial charge in [-0.15, -0.1) is 12.6 Å². The zero-order chi connectivity index (χ0) is 25.9. The van der Waals surface area contributed by atoms with Gasteiger partial charge in [-0.05, 0) is 73.9 Å². The zero-order valence-corrected chi connectivity index (χ0v) is 21.9. The van der Waals surface area contributed by atoms with Crippen LogP contribution in [0.3, 0.4) is 0 Å². The topological polar surface area (TPSA) is 86.7 Å². The summed E-state index contributed by atoms with van der Waals surface area (Å²) >= 11 is 4.67. The van der Waals surface area contributed by atoms with E-state index in [1.165, 1.54) is 5.69 Å². The maximum Gasteiger partial charge on any atom is 0.229 e. The van der Waals surface area contributed by atoms with Crippen LogP contribution in [0.2, 0.25) is 0 Å². The Hall–Kier alpha value is -4.24. The Morgan fingerprint density at radius 3 is 2.58 bits per heavy atom. The van der Waals surface area contributed by atoms with E-state index >= 15 is 0 Å². The highest BCUT2D eigenvalue weighted by atomic mass is 32.1. The number of fused-ring (bicyclic) bond motifs is 1. The van der Waals surface area contributed by atoms with Crippen LogP contribution in [0, 0.1) is 0 Å². The van der Waals surface area contributed by atoms with Crippen LogP contribution in [0.4, 0.5) is 23.1 Å². The average molecular weight is 523 g/mol. The van der Waals surface area contributed by atoms with Crippen molar-refractivity contribution in [3.8, 4) is 0 Å². The molecule has 0 unspecified atom stereocenters. The Bertz CT molecular complexity index is 1480. The van der Waals surface area contributed by atoms with Crippen molar-refractivity contribution in [2.45, 2.75) is 30.2 Å². The maximum absolute atomic E-state index is 4.72. The molecular weight excluding hydrogens is 492 g/mol. The molecule has 192 valence electrons. The van der Waals surface area contributed by atoms with Crippen molar-refractivity contribution >= 4 is 47.9 Å². The van der Waals surface area contributed by atoms with Crippen molar-refractivity contribution in [3.63, 3.8) is 0 Å². The van der Waals surface area contributed by atoms with Crippen LogP contribution in [-0.4, -0.2) is 37.8 Å². The monoisotopic (exact) mass is 522 g/mol. The minimum Gasteiger partial charge on any atom is -0.371 e. The first-order chi connectivity index (χ1) is 18.7. The fraction of sp³-hybridized carbons (Fsp3) is 0.207. The zero-order valence-electron chi connectivity index (χ0n) is 21.0. The number of rotatable bonds is 7. The molecule has 1 aliphatic heterocycles. The second-order valence-electron chi connectivity index (χ2n) is 9.48. The molecule has 1 aromatic carbocycles. The number of nitrogens with one attached hydrogen (secondary N) is 3. The number of allylic oxidation sites excluding steroid dienone is 2. The summed E-state index contributed by atoms with van der Waals surface area (Å²) in [6.45, 7) is 6.00. The van der Waals surface area contributed by atoms with Gasteiger partial charge in [-0.3, -0.25) is 5.10 Å². The fourth-order valence-corrected chi connectivity index (χ4v) is 5.22. The summed E-state index contributed by atoms with van der Waals surface area (Å²) in [6.07, 6.45) is 17.0. The summed E-state index contributed by atoms with van der Waals surface area (Å²) in [7, 11) is 0. The SMILES string of the molecule is C=Cc1nc(Nc2ccc(N3CCC(n4cccc4)CC3)cc2)nc(NC2=CCc3cn[nH]c3C=C2)c1S. The van der Waals surface area contributed by atoms with Crippen LogP contribution in [0.1, 0.15) is 35.8 Å². The van der Waals surface area contributed by atoms with Gasteiger partial charge in [0.1, 0.15) is 5.82 Å². The van der Waals surface area contributed by atoms with Crippen LogP contribution < -0.4 is 15.5 Å². The van der Waals surface area contributed by atoms with E-state index in [0.29, 0.717) is 28.4 Å². The molecule has 0 spiro atoms. The first-order valence-corrected chi connectivity index (χ1v) is 13.3. The number of hydrogen-bond acceptors (Lipinski definition) is 7. The molecule has 9 heteroatoms. The van der Waals surface area contributed by atoms with Gasteiger partial charge >= 0.3 is 0 Å². The van der Waals surface area contributed by atoms with E-state index < -0.39 is 0 Å². The highest BCUT2D eigenvalue weighted by Crippen LogP contribution is 2.30. The molecule has 0 atom stereocenters. The van der Waals surface area contributed by atoms with Crippen molar-refractivity contribution in [2.75, 3.05) is 28.6 Å². The van der Waals surface area contributed by atoms with Crippen molar-refractivity contribution in [3.05, 3.63) is 96.4 Å². The Morgan fingerprint density at radius 2 is 1.82 bits per heavy atom. The lowest BCUT2D eigenvalue weighted by Crippen LogP contribution is -2.34. The summed E-state index contributed by atoms with van der Waals surface area (Å²) in [5, 5.41) is 13.9. The summed E-state index contributed by atoms with van der Waals surface area (Å²) < 4.78 is 2.33. The van der Waals surface area contributed by atoms with E-state index in [9.17, 15) is 0 Å². The Kier molecular flexibility index (Phi) is 6.75. The molecule has 3 aromatic heterocycles. The third-order valence-electron chi connectivity index (χ3n) is 7.09. The summed E-state index contributed by atoms with van der Waals surface area (Å²) in [5.74, 6) is 1.09. The quantitative estimate of drug-likeness (QED) is 0.220. The third kappa shape index (κ3) is 5.10. The number of H-pyrrole nitrogens is 1. The highest BCUT2D eigenvalue weighted by Gasteiger charge is 2.20. The number of benzene rings is 1. The molecule has 0 radical (unpaired) electrons. The van der Waals surface area contributed by atoms with Gasteiger partial charge < -0.3 is 20.1 Å². The van der Waals surface area contributed by atoms with Crippen LogP contribution in [0.15, 0.2) is 84.3 Å². The molecule has 4 aromatic rings. The number of piperidine rings is 1. The summed E-state index contributed by atoms with van der Waals surface area (Å²) in [5.41, 5.74) is 5.89. The lowest BCUT2D eigenvalue weighted by molar-refractivity contribution is 0.397. The second-order valence-corrected chi connectivity index (χ2v) is 9.93. The predicted molar refractivity (Wildman–Crippen MR) is 157 cm³/mol. The highest BCUT2D eigenvalue weighted by molar-refractivity contribution is 7.80. The maximum atomic E-state index is 4.72. The molecule has 1 aliphatic carbocycles. The van der Waals surface area contributed by atoms with Crippen molar-refractivity contribution in [1.29, 1.82) is 0 Å². The second kappa shape index (κ2) is 10.6. The molecule has 4 heterocycles. The van der Waals surface area contributed by atoms with Gasteiger partial charge in [0.05, 0.1) is 22.5 Å². The van der Waals surface area contributed by atoms with Crippen LogP contribution >= 0.6 is 12.6 Å². The number of thiol groups is 1. The molecule has 38 heavy (non-hydrogen) atoms. The normalized spacial score (nSPS) is 15.5. The van der Waals surface area contributed by atoms with Gasteiger partial charge in [0, 0.05) is 54.2 Å². The molecule has 2 aliphatic rings. The molecule has 0 saturated carbocycles. The molecule has 0 bridgehead atoms. The van der Waals surface area contributed by atoms with E-state index in [-0.39, 0.29) is 0 Å². The minimum atomic E-state index is 0.480. The van der Waals surface area contributed by atoms with E-state index in [2.05, 4.69) is 109 Å². The summed E-state index contributed by atoms with van der Waals surface area (Å²) in [4.78, 5) is 12.4. The smallest absolute Gasteiger partial charge is 0.229 e. The average Bonchev–Trinajstić information content (AvgIpc) is 3.62. The van der Waals surface area contributed by atoms with E-state index in [4.69, 9.17) is 4.98 Å². The lowest BCUT2D eigenvalue weighted by atomic mass is 10.0. The molecule has 1 saturated heterocycles. The first kappa shape index (κ1) is 24.1. The molecule has 3 N–H and O–H groups in total. The van der Waals surface area contributed by atoms with Crippen LogP contribution in [0.25, 0.3) is 12.2 Å². The fourth-order valence-electron chi connectivity index (χ4n) is 4.97. The van der Waals surface area contributed by atoms with Crippen molar-refractivity contribution in [1.82, 2.24) is 24.7 Å². The Balaban J connectivity index is 1.14. The van der Waals surface area contributed by atoms with Crippen LogP contribution in [0.5, 0.6) is 0 Å². The van der Waals surface area contributed by atoms with Gasteiger partial charge in [-0.25, -0.2) is 4.98 Å². The largest absolute Gasteiger partial charge is 0.371 e. The predicted octanol–water partition coefficient (Wildman–Crippen LogP) is 6.08. The van der Waals surface area contributed by atoms with Gasteiger partial charge in [-0.2, -0.15) is 10.1 Å². The molecule has 1 fully saturated rings. The minimum absolute atomic E-state index is 0.480. The Morgan fingerprint density at radius 1 is 1.03 bits per heavy atom. The standard InChI is InChI=1S/C29H30N8S/c1-2-25-27(38)28(31-21-6-5-20-19-30-35-26(20)12-9-21)34-29(33-25)32-22-7-10-23(11-8-22)37-17-13-24(14-18-37)36-15-3-4-16-36/h2-4,6-12,15-16,19,24,38H,1,5,13-14,17-18H2,(H,30,35)(H2,31,32,33,34). The van der Waals surface area contributed by atoms with Gasteiger partial charge in [0.25, 0.3) is 0 Å². The van der Waals surface area contributed by atoms with Crippen molar-refractivity contribution in [2.24, 2.45) is 0 Å². The van der Waals surface area contributed by atoms with E-state index in [0.717, 1.165) is 55.0 Å². The molecular formula is C29H30N8S. The molecule has 8 nitrogen and oxygen atoms in total. The summed E-state index contributed by atoms with van der Waals surface area (Å²) in [6, 6.07) is 13.2. The number of hydrogen-bond donors (Lipinski definition) is 4. The van der Waals surface area contributed by atoms with Gasteiger partial charge in [0.15, 0.2) is 0 Å². The van der Waals surface area contributed by atoms with Gasteiger partial charge in [0.2, 0.25) is 5.95 Å². The Labute approximate surface area is 227 Å². The molecule has 6 rings (SSSR count). The van der Waals surface area contributed by atoms with E-state index in [1.807, 2.05) is 18.3 Å². The van der Waals surface area contributed by atoms with Gasteiger partial charge in [-0.1, -0.05) is 12.7 Å². The third-order valence-corrected chi connectivity index (χ3v) is 7.53. The number of aromatic amines is 1. The van der Waals surface area contributed by atoms with E-state index in [1.54, 1.807) is 6.08 Å². The molecule has 0 amide bonds.